The second-order valence-corrected chi connectivity index (χ2v) is 4.86. The van der Waals surface area contributed by atoms with Gasteiger partial charge in [-0.2, -0.15) is 0 Å². The minimum Gasteiger partial charge on any atom is -0.378 e. The van der Waals surface area contributed by atoms with Gasteiger partial charge in [-0.05, 0) is 30.9 Å². The number of nitrogens with one attached hydrogen (secondary N) is 1. The highest BCUT2D eigenvalue weighted by atomic mass is 19.1. The normalized spacial score (nSPS) is 18.9. The first kappa shape index (κ1) is 12.4. The van der Waals surface area contributed by atoms with E-state index in [0.717, 1.165) is 0 Å². The number of hydrogen-bond donors (Lipinski definition) is 2. The standard InChI is InChI=1S/C14H21FN2/c15-12-8-4-5-9-13(12)17-14(10-16)11-6-2-1-3-7-11/h4-5,8-9,11,14,17H,1-3,6-7,10,16H2. The summed E-state index contributed by atoms with van der Waals surface area (Å²) < 4.78 is 13.6. The largest absolute Gasteiger partial charge is 0.378 e. The van der Waals surface area contributed by atoms with Gasteiger partial charge in [-0.1, -0.05) is 31.4 Å². The monoisotopic (exact) mass is 236 g/mol. The van der Waals surface area contributed by atoms with Crippen molar-refractivity contribution in [3.63, 3.8) is 0 Å². The molecule has 0 bridgehead atoms. The van der Waals surface area contributed by atoms with Crippen LogP contribution in [0.2, 0.25) is 0 Å². The molecule has 17 heavy (non-hydrogen) atoms. The molecule has 94 valence electrons. The van der Waals surface area contributed by atoms with Crippen molar-refractivity contribution in [3.8, 4) is 0 Å². The highest BCUT2D eigenvalue weighted by Crippen LogP contribution is 2.28. The molecule has 0 amide bonds. The van der Waals surface area contributed by atoms with Crippen LogP contribution in [0.25, 0.3) is 0 Å². The van der Waals surface area contributed by atoms with Crippen molar-refractivity contribution in [1.82, 2.24) is 0 Å². The molecule has 1 fully saturated rings. The Kier molecular flexibility index (Phi) is 4.37. The van der Waals surface area contributed by atoms with E-state index in [1.807, 2.05) is 6.07 Å². The van der Waals surface area contributed by atoms with E-state index in [4.69, 9.17) is 5.73 Å². The van der Waals surface area contributed by atoms with Crippen LogP contribution < -0.4 is 11.1 Å². The molecular formula is C14H21FN2. The minimum atomic E-state index is -0.193. The van der Waals surface area contributed by atoms with Crippen LogP contribution in [0.4, 0.5) is 10.1 Å². The summed E-state index contributed by atoms with van der Waals surface area (Å²) in [5.74, 6) is 0.398. The molecule has 1 aliphatic carbocycles. The van der Waals surface area contributed by atoms with Crippen molar-refractivity contribution in [3.05, 3.63) is 30.1 Å². The molecule has 2 nitrogen and oxygen atoms in total. The van der Waals surface area contributed by atoms with Gasteiger partial charge in [0.25, 0.3) is 0 Å². The highest BCUT2D eigenvalue weighted by Gasteiger charge is 2.22. The average Bonchev–Trinajstić information content (AvgIpc) is 2.39. The summed E-state index contributed by atoms with van der Waals surface area (Å²) in [6.45, 7) is 0.568. The number of nitrogens with two attached hydrogens (primary N) is 1. The fourth-order valence-corrected chi connectivity index (χ4v) is 2.68. The summed E-state index contributed by atoms with van der Waals surface area (Å²) in [6, 6.07) is 7.02. The van der Waals surface area contributed by atoms with E-state index in [1.54, 1.807) is 12.1 Å². The first-order valence-electron chi connectivity index (χ1n) is 6.52. The van der Waals surface area contributed by atoms with Crippen molar-refractivity contribution in [2.75, 3.05) is 11.9 Å². The molecule has 1 aliphatic rings. The highest BCUT2D eigenvalue weighted by molar-refractivity contribution is 5.45. The van der Waals surface area contributed by atoms with Crippen LogP contribution in [-0.2, 0) is 0 Å². The molecule has 1 atom stereocenters. The molecule has 0 spiro atoms. The molecule has 0 heterocycles. The minimum absolute atomic E-state index is 0.193. The zero-order valence-corrected chi connectivity index (χ0v) is 10.2. The zero-order chi connectivity index (χ0) is 12.1. The van der Waals surface area contributed by atoms with Gasteiger partial charge in [-0.25, -0.2) is 4.39 Å². The van der Waals surface area contributed by atoms with E-state index in [2.05, 4.69) is 5.32 Å². The number of benzene rings is 1. The number of hydrogen-bond acceptors (Lipinski definition) is 2. The predicted molar refractivity (Wildman–Crippen MR) is 69.4 cm³/mol. The van der Waals surface area contributed by atoms with Crippen molar-refractivity contribution in [2.45, 2.75) is 38.1 Å². The van der Waals surface area contributed by atoms with Crippen LogP contribution in [0.5, 0.6) is 0 Å². The Balaban J connectivity index is 2.01. The maximum Gasteiger partial charge on any atom is 0.146 e. The number of para-hydroxylation sites is 1. The Labute approximate surface area is 102 Å². The molecule has 0 aromatic heterocycles. The predicted octanol–water partition coefficient (Wildman–Crippen LogP) is 3.15. The Hall–Kier alpha value is -1.09. The summed E-state index contributed by atoms with van der Waals surface area (Å²) >= 11 is 0. The molecule has 0 saturated heterocycles. The Morgan fingerprint density at radius 1 is 1.24 bits per heavy atom. The van der Waals surface area contributed by atoms with Crippen LogP contribution >= 0.6 is 0 Å². The third-order valence-electron chi connectivity index (χ3n) is 3.69. The summed E-state index contributed by atoms with van der Waals surface area (Å²) in [6.07, 6.45) is 6.31. The van der Waals surface area contributed by atoms with Gasteiger partial charge < -0.3 is 11.1 Å². The Morgan fingerprint density at radius 3 is 2.59 bits per heavy atom. The summed E-state index contributed by atoms with van der Waals surface area (Å²) in [7, 11) is 0. The van der Waals surface area contributed by atoms with Crippen molar-refractivity contribution in [1.29, 1.82) is 0 Å². The first-order chi connectivity index (χ1) is 8.31. The second-order valence-electron chi connectivity index (χ2n) is 4.86. The van der Waals surface area contributed by atoms with Crippen molar-refractivity contribution < 1.29 is 4.39 Å². The lowest BCUT2D eigenvalue weighted by Crippen LogP contribution is -2.37. The van der Waals surface area contributed by atoms with E-state index in [1.165, 1.54) is 38.2 Å². The summed E-state index contributed by atoms with van der Waals surface area (Å²) in [5, 5.41) is 3.27. The van der Waals surface area contributed by atoms with Gasteiger partial charge in [0.1, 0.15) is 5.82 Å². The smallest absolute Gasteiger partial charge is 0.146 e. The molecule has 0 aliphatic heterocycles. The van der Waals surface area contributed by atoms with Gasteiger partial charge in [0.15, 0.2) is 0 Å². The Morgan fingerprint density at radius 2 is 1.94 bits per heavy atom. The van der Waals surface area contributed by atoms with E-state index in [0.29, 0.717) is 18.2 Å². The van der Waals surface area contributed by atoms with Crippen molar-refractivity contribution in [2.24, 2.45) is 11.7 Å². The molecule has 3 N–H and O–H groups in total. The quantitative estimate of drug-likeness (QED) is 0.842. The maximum absolute atomic E-state index is 13.6. The van der Waals surface area contributed by atoms with Gasteiger partial charge >= 0.3 is 0 Å². The lowest BCUT2D eigenvalue weighted by Gasteiger charge is -2.30. The van der Waals surface area contributed by atoms with Crippen LogP contribution in [0.1, 0.15) is 32.1 Å². The van der Waals surface area contributed by atoms with Gasteiger partial charge in [-0.15, -0.1) is 0 Å². The molecule has 0 radical (unpaired) electrons. The van der Waals surface area contributed by atoms with E-state index in [-0.39, 0.29) is 11.9 Å². The van der Waals surface area contributed by atoms with Crippen molar-refractivity contribution >= 4 is 5.69 Å². The SMILES string of the molecule is NCC(Nc1ccccc1F)C1CCCCC1. The second kappa shape index (κ2) is 6.01. The molecule has 2 rings (SSSR count). The number of anilines is 1. The summed E-state index contributed by atoms with van der Waals surface area (Å²) in [5.41, 5.74) is 6.39. The molecule has 1 aromatic carbocycles. The van der Waals surface area contributed by atoms with Gasteiger partial charge in [0.2, 0.25) is 0 Å². The maximum atomic E-state index is 13.6. The number of rotatable bonds is 4. The zero-order valence-electron chi connectivity index (χ0n) is 10.2. The lowest BCUT2D eigenvalue weighted by atomic mass is 9.84. The van der Waals surface area contributed by atoms with Crippen LogP contribution in [0, 0.1) is 11.7 Å². The lowest BCUT2D eigenvalue weighted by molar-refractivity contribution is 0.320. The van der Waals surface area contributed by atoms with Crippen LogP contribution in [0.3, 0.4) is 0 Å². The molecule has 3 heteroatoms. The van der Waals surface area contributed by atoms with Crippen LogP contribution in [-0.4, -0.2) is 12.6 Å². The average molecular weight is 236 g/mol. The topological polar surface area (TPSA) is 38.0 Å². The molecular weight excluding hydrogens is 215 g/mol. The third-order valence-corrected chi connectivity index (χ3v) is 3.69. The molecule has 1 aromatic rings. The van der Waals surface area contributed by atoms with Crippen LogP contribution in [0.15, 0.2) is 24.3 Å². The molecule has 1 unspecified atom stereocenters. The summed E-state index contributed by atoms with van der Waals surface area (Å²) in [4.78, 5) is 0. The Bertz CT molecular complexity index is 348. The van der Waals surface area contributed by atoms with E-state index >= 15 is 0 Å². The van der Waals surface area contributed by atoms with E-state index < -0.39 is 0 Å². The van der Waals surface area contributed by atoms with E-state index in [9.17, 15) is 4.39 Å². The molecule has 1 saturated carbocycles. The number of halogens is 1. The van der Waals surface area contributed by atoms with Gasteiger partial charge in [0.05, 0.1) is 5.69 Å². The first-order valence-corrected chi connectivity index (χ1v) is 6.52. The van der Waals surface area contributed by atoms with Gasteiger partial charge in [0, 0.05) is 12.6 Å². The van der Waals surface area contributed by atoms with Gasteiger partial charge in [-0.3, -0.25) is 0 Å². The fourth-order valence-electron chi connectivity index (χ4n) is 2.68. The fraction of sp³-hybridized carbons (Fsp3) is 0.571. The third kappa shape index (κ3) is 3.19.